The average Bonchev–Trinajstić information content (AvgIpc) is 2.83. The van der Waals surface area contributed by atoms with Gasteiger partial charge in [0.2, 0.25) is 0 Å². The standard InChI is InChI=1S/C13H17ClO4S/c1-17-11-5-4-10(13(14)7-11)8-19(15,16)9-12-3-2-6-18-12/h4-5,7,12H,2-3,6,8-9H2,1H3. The molecule has 19 heavy (non-hydrogen) atoms. The molecule has 106 valence electrons. The van der Waals surface area contributed by atoms with Gasteiger partial charge in [0.25, 0.3) is 0 Å². The molecule has 0 saturated carbocycles. The van der Waals surface area contributed by atoms with Crippen molar-refractivity contribution in [3.05, 3.63) is 28.8 Å². The van der Waals surface area contributed by atoms with Crippen molar-refractivity contribution in [3.63, 3.8) is 0 Å². The number of methoxy groups -OCH3 is 1. The van der Waals surface area contributed by atoms with Gasteiger partial charge in [-0.1, -0.05) is 17.7 Å². The zero-order chi connectivity index (χ0) is 13.9. The van der Waals surface area contributed by atoms with Crippen molar-refractivity contribution in [2.75, 3.05) is 19.5 Å². The number of hydrogen-bond donors (Lipinski definition) is 0. The molecule has 0 N–H and O–H groups in total. The maximum atomic E-state index is 12.1. The molecule has 2 rings (SSSR count). The molecule has 1 fully saturated rings. The van der Waals surface area contributed by atoms with Crippen LogP contribution in [0.25, 0.3) is 0 Å². The number of sulfone groups is 1. The van der Waals surface area contributed by atoms with Crippen molar-refractivity contribution >= 4 is 21.4 Å². The van der Waals surface area contributed by atoms with E-state index in [-0.39, 0.29) is 17.6 Å². The van der Waals surface area contributed by atoms with Crippen LogP contribution in [0.3, 0.4) is 0 Å². The molecule has 1 heterocycles. The molecule has 1 atom stereocenters. The Morgan fingerprint density at radius 2 is 2.26 bits per heavy atom. The number of ether oxygens (including phenoxy) is 2. The second-order valence-electron chi connectivity index (χ2n) is 4.65. The van der Waals surface area contributed by atoms with Gasteiger partial charge in [-0.3, -0.25) is 0 Å². The van der Waals surface area contributed by atoms with E-state index in [9.17, 15) is 8.42 Å². The molecule has 1 saturated heterocycles. The number of rotatable bonds is 5. The molecule has 0 bridgehead atoms. The summed E-state index contributed by atoms with van der Waals surface area (Å²) in [6.07, 6.45) is 1.58. The molecule has 1 aliphatic heterocycles. The van der Waals surface area contributed by atoms with Crippen LogP contribution in [-0.2, 0) is 20.3 Å². The van der Waals surface area contributed by atoms with Gasteiger partial charge >= 0.3 is 0 Å². The molecule has 0 radical (unpaired) electrons. The van der Waals surface area contributed by atoms with Crippen LogP contribution in [0.15, 0.2) is 18.2 Å². The molecule has 1 aromatic carbocycles. The minimum atomic E-state index is -3.21. The Bertz CT molecular complexity index is 536. The smallest absolute Gasteiger partial charge is 0.157 e. The highest BCUT2D eigenvalue weighted by Crippen LogP contribution is 2.25. The lowest BCUT2D eigenvalue weighted by Crippen LogP contribution is -2.21. The Hall–Kier alpha value is -0.780. The van der Waals surface area contributed by atoms with Crippen molar-refractivity contribution in [2.24, 2.45) is 0 Å². The van der Waals surface area contributed by atoms with Crippen molar-refractivity contribution < 1.29 is 17.9 Å². The molecule has 0 aliphatic carbocycles. The summed E-state index contributed by atoms with van der Waals surface area (Å²) in [6.45, 7) is 0.656. The van der Waals surface area contributed by atoms with Gasteiger partial charge in [-0.15, -0.1) is 0 Å². The van der Waals surface area contributed by atoms with Crippen molar-refractivity contribution in [1.82, 2.24) is 0 Å². The first-order valence-electron chi connectivity index (χ1n) is 6.14. The summed E-state index contributed by atoms with van der Waals surface area (Å²) in [6, 6.07) is 5.02. The fourth-order valence-corrected chi connectivity index (χ4v) is 4.12. The first-order chi connectivity index (χ1) is 9.00. The molecule has 1 aliphatic rings. The number of benzene rings is 1. The molecule has 0 spiro atoms. The normalized spacial score (nSPS) is 19.6. The quantitative estimate of drug-likeness (QED) is 0.838. The summed E-state index contributed by atoms with van der Waals surface area (Å²) in [5, 5.41) is 0.412. The summed E-state index contributed by atoms with van der Waals surface area (Å²) in [5.74, 6) is 0.621. The minimum absolute atomic E-state index is 0.0598. The molecule has 4 nitrogen and oxygen atoms in total. The summed E-state index contributed by atoms with van der Waals surface area (Å²) in [7, 11) is -1.67. The Labute approximate surface area is 118 Å². The van der Waals surface area contributed by atoms with E-state index in [1.54, 1.807) is 25.3 Å². The van der Waals surface area contributed by atoms with Crippen molar-refractivity contribution in [2.45, 2.75) is 24.7 Å². The van der Waals surface area contributed by atoms with Crippen molar-refractivity contribution in [1.29, 1.82) is 0 Å². The summed E-state index contributed by atoms with van der Waals surface area (Å²) in [4.78, 5) is 0. The van der Waals surface area contributed by atoms with E-state index in [0.717, 1.165) is 12.8 Å². The molecule has 0 amide bonds. The van der Waals surface area contributed by atoms with E-state index in [2.05, 4.69) is 0 Å². The third-order valence-corrected chi connectivity index (χ3v) is 5.08. The number of hydrogen-bond acceptors (Lipinski definition) is 4. The topological polar surface area (TPSA) is 52.6 Å². The van der Waals surface area contributed by atoms with Gasteiger partial charge in [-0.2, -0.15) is 0 Å². The SMILES string of the molecule is COc1ccc(CS(=O)(=O)CC2CCCO2)c(Cl)c1. The lowest BCUT2D eigenvalue weighted by Gasteiger charge is -2.11. The van der Waals surface area contributed by atoms with Gasteiger partial charge in [0, 0.05) is 11.6 Å². The average molecular weight is 305 g/mol. The van der Waals surface area contributed by atoms with E-state index in [0.29, 0.717) is 22.9 Å². The second-order valence-corrected chi connectivity index (χ2v) is 7.16. The fourth-order valence-electron chi connectivity index (χ4n) is 2.13. The van der Waals surface area contributed by atoms with Gasteiger partial charge in [-0.25, -0.2) is 8.42 Å². The third-order valence-electron chi connectivity index (χ3n) is 3.10. The summed E-state index contributed by atoms with van der Waals surface area (Å²) < 4.78 is 34.6. The van der Waals surface area contributed by atoms with Crippen LogP contribution >= 0.6 is 11.6 Å². The van der Waals surface area contributed by atoms with Crippen LogP contribution in [0, 0.1) is 0 Å². The van der Waals surface area contributed by atoms with Gasteiger partial charge < -0.3 is 9.47 Å². The highest BCUT2D eigenvalue weighted by Gasteiger charge is 2.24. The van der Waals surface area contributed by atoms with E-state index >= 15 is 0 Å². The van der Waals surface area contributed by atoms with Crippen LogP contribution in [-0.4, -0.2) is 34.0 Å². The van der Waals surface area contributed by atoms with Crippen LogP contribution in [0.5, 0.6) is 5.75 Å². The van der Waals surface area contributed by atoms with Gasteiger partial charge in [0.1, 0.15) is 5.75 Å². The van der Waals surface area contributed by atoms with Crippen LogP contribution in [0.2, 0.25) is 5.02 Å². The first kappa shape index (κ1) is 14.6. The lowest BCUT2D eigenvalue weighted by molar-refractivity contribution is 0.127. The highest BCUT2D eigenvalue weighted by atomic mass is 35.5. The van der Waals surface area contributed by atoms with Gasteiger partial charge in [0.15, 0.2) is 9.84 Å². The van der Waals surface area contributed by atoms with Crippen LogP contribution < -0.4 is 4.74 Å². The summed E-state index contributed by atoms with van der Waals surface area (Å²) in [5.41, 5.74) is 0.598. The zero-order valence-corrected chi connectivity index (χ0v) is 12.3. The molecular formula is C13H17ClO4S. The predicted octanol–water partition coefficient (Wildman–Crippen LogP) is 2.44. The Kier molecular flexibility index (Phi) is 4.71. The Morgan fingerprint density at radius 1 is 1.47 bits per heavy atom. The van der Waals surface area contributed by atoms with E-state index in [1.165, 1.54) is 0 Å². The Balaban J connectivity index is 2.06. The highest BCUT2D eigenvalue weighted by molar-refractivity contribution is 7.90. The van der Waals surface area contributed by atoms with Gasteiger partial charge in [-0.05, 0) is 30.5 Å². The lowest BCUT2D eigenvalue weighted by atomic mass is 10.2. The second kappa shape index (κ2) is 6.11. The maximum absolute atomic E-state index is 12.1. The molecule has 1 aromatic rings. The predicted molar refractivity (Wildman–Crippen MR) is 74.5 cm³/mol. The molecule has 1 unspecified atom stereocenters. The number of halogens is 1. The zero-order valence-electron chi connectivity index (χ0n) is 10.8. The van der Waals surface area contributed by atoms with E-state index < -0.39 is 9.84 Å². The molecule has 0 aromatic heterocycles. The fraction of sp³-hybridized carbons (Fsp3) is 0.538. The maximum Gasteiger partial charge on any atom is 0.157 e. The Morgan fingerprint density at radius 3 is 2.84 bits per heavy atom. The van der Waals surface area contributed by atoms with E-state index in [1.807, 2.05) is 0 Å². The summed E-state index contributed by atoms with van der Waals surface area (Å²) >= 11 is 6.06. The largest absolute Gasteiger partial charge is 0.497 e. The van der Waals surface area contributed by atoms with E-state index in [4.69, 9.17) is 21.1 Å². The molecular weight excluding hydrogens is 288 g/mol. The van der Waals surface area contributed by atoms with Crippen LogP contribution in [0.4, 0.5) is 0 Å². The molecule has 6 heteroatoms. The first-order valence-corrected chi connectivity index (χ1v) is 8.34. The minimum Gasteiger partial charge on any atom is -0.497 e. The van der Waals surface area contributed by atoms with Gasteiger partial charge in [0.05, 0.1) is 24.7 Å². The van der Waals surface area contributed by atoms with Crippen LogP contribution in [0.1, 0.15) is 18.4 Å². The van der Waals surface area contributed by atoms with Crippen molar-refractivity contribution in [3.8, 4) is 5.75 Å². The monoisotopic (exact) mass is 304 g/mol. The third kappa shape index (κ3) is 4.09.